The lowest BCUT2D eigenvalue weighted by Gasteiger charge is -2.33. The smallest absolute Gasteiger partial charge is 0.277 e. The van der Waals surface area contributed by atoms with E-state index < -0.39 is 0 Å². The maximum Gasteiger partial charge on any atom is 0.277 e. The summed E-state index contributed by atoms with van der Waals surface area (Å²) in [5.74, 6) is 1.12. The predicted molar refractivity (Wildman–Crippen MR) is 126 cm³/mol. The highest BCUT2D eigenvalue weighted by Gasteiger charge is 2.23. The molecule has 8 heteroatoms. The maximum atomic E-state index is 13.1. The Labute approximate surface area is 192 Å². The van der Waals surface area contributed by atoms with E-state index in [0.29, 0.717) is 29.8 Å². The van der Waals surface area contributed by atoms with Crippen molar-refractivity contribution in [1.82, 2.24) is 29.2 Å². The van der Waals surface area contributed by atoms with Gasteiger partial charge in [0.2, 0.25) is 5.89 Å². The van der Waals surface area contributed by atoms with Gasteiger partial charge in [-0.15, -0.1) is 0 Å². The minimum Gasteiger partial charge on any atom is -0.338 e. The minimum atomic E-state index is -0.130. The van der Waals surface area contributed by atoms with E-state index in [9.17, 15) is 4.79 Å². The summed E-state index contributed by atoms with van der Waals surface area (Å²) in [6.07, 6.45) is 9.36. The van der Waals surface area contributed by atoms with Crippen LogP contribution in [0.5, 0.6) is 0 Å². The average Bonchev–Trinajstić information content (AvgIpc) is 3.49. The first kappa shape index (κ1) is 21.6. The van der Waals surface area contributed by atoms with Crippen LogP contribution in [0.1, 0.15) is 56.8 Å². The van der Waals surface area contributed by atoms with Gasteiger partial charge in [-0.2, -0.15) is 10.1 Å². The van der Waals surface area contributed by atoms with Crippen molar-refractivity contribution in [2.75, 3.05) is 6.54 Å². The van der Waals surface area contributed by atoms with Gasteiger partial charge in [0.1, 0.15) is 5.52 Å². The van der Waals surface area contributed by atoms with E-state index in [2.05, 4.69) is 46.1 Å². The zero-order valence-electron chi connectivity index (χ0n) is 19.3. The van der Waals surface area contributed by atoms with Crippen LogP contribution in [0.2, 0.25) is 0 Å². The molecule has 1 saturated heterocycles. The average molecular weight is 447 g/mol. The van der Waals surface area contributed by atoms with Crippen molar-refractivity contribution < 1.29 is 4.52 Å². The van der Waals surface area contributed by atoms with Gasteiger partial charge >= 0.3 is 0 Å². The van der Waals surface area contributed by atoms with Crippen LogP contribution in [-0.4, -0.2) is 41.8 Å². The van der Waals surface area contributed by atoms with Crippen LogP contribution in [-0.2, 0) is 19.5 Å². The second-order valence-corrected chi connectivity index (χ2v) is 8.77. The summed E-state index contributed by atoms with van der Waals surface area (Å²) in [5, 5.41) is 8.70. The molecule has 0 N–H and O–H groups in total. The highest BCUT2D eigenvalue weighted by molar-refractivity contribution is 5.65. The third kappa shape index (κ3) is 4.48. The molecule has 1 fully saturated rings. The van der Waals surface area contributed by atoms with E-state index in [1.807, 2.05) is 18.2 Å². The summed E-state index contributed by atoms with van der Waals surface area (Å²) >= 11 is 0. The summed E-state index contributed by atoms with van der Waals surface area (Å²) in [5.41, 5.74) is 3.44. The monoisotopic (exact) mass is 446 g/mol. The first-order valence-electron chi connectivity index (χ1n) is 11.9. The molecule has 1 atom stereocenters. The minimum absolute atomic E-state index is 0.130. The second kappa shape index (κ2) is 9.31. The molecule has 0 radical (unpaired) electrons. The van der Waals surface area contributed by atoms with Crippen molar-refractivity contribution in [3.05, 3.63) is 70.4 Å². The molecule has 172 valence electrons. The molecule has 1 aliphatic rings. The number of rotatable bonds is 7. The van der Waals surface area contributed by atoms with Gasteiger partial charge in [-0.05, 0) is 43.9 Å². The number of piperidine rings is 1. The second-order valence-electron chi connectivity index (χ2n) is 8.77. The number of aryl methyl sites for hydroxylation is 1. The fourth-order valence-electron chi connectivity index (χ4n) is 4.68. The van der Waals surface area contributed by atoms with Crippen LogP contribution in [0.25, 0.3) is 16.8 Å². The van der Waals surface area contributed by atoms with Crippen LogP contribution >= 0.6 is 0 Å². The fraction of sp³-hybridized carbons (Fsp3) is 0.440. The zero-order valence-corrected chi connectivity index (χ0v) is 19.3. The summed E-state index contributed by atoms with van der Waals surface area (Å²) in [6, 6.07) is 10.7. The van der Waals surface area contributed by atoms with Crippen molar-refractivity contribution in [3.8, 4) is 11.3 Å². The third-order valence-corrected chi connectivity index (χ3v) is 6.64. The Morgan fingerprint density at radius 1 is 1.09 bits per heavy atom. The molecular weight excluding hydrogens is 416 g/mol. The molecule has 4 heterocycles. The van der Waals surface area contributed by atoms with Gasteiger partial charge in [0.15, 0.2) is 5.82 Å². The Morgan fingerprint density at radius 2 is 1.94 bits per heavy atom. The largest absolute Gasteiger partial charge is 0.338 e. The first-order chi connectivity index (χ1) is 16.1. The van der Waals surface area contributed by atoms with E-state index in [0.717, 1.165) is 30.6 Å². The lowest BCUT2D eigenvalue weighted by Crippen LogP contribution is -2.38. The number of hydrogen-bond acceptors (Lipinski definition) is 6. The fourth-order valence-corrected chi connectivity index (χ4v) is 4.68. The van der Waals surface area contributed by atoms with E-state index in [1.165, 1.54) is 24.8 Å². The lowest BCUT2D eigenvalue weighted by atomic mass is 10.0. The Morgan fingerprint density at radius 3 is 2.73 bits per heavy atom. The molecule has 0 amide bonds. The van der Waals surface area contributed by atoms with E-state index in [4.69, 9.17) is 4.52 Å². The van der Waals surface area contributed by atoms with Gasteiger partial charge in [0.25, 0.3) is 5.56 Å². The highest BCUT2D eigenvalue weighted by Crippen LogP contribution is 2.22. The van der Waals surface area contributed by atoms with Crippen LogP contribution in [0.15, 0.2) is 52.0 Å². The van der Waals surface area contributed by atoms with Gasteiger partial charge in [0.05, 0.1) is 18.8 Å². The van der Waals surface area contributed by atoms with Gasteiger partial charge in [-0.3, -0.25) is 9.69 Å². The van der Waals surface area contributed by atoms with Crippen molar-refractivity contribution in [2.24, 2.45) is 0 Å². The first-order valence-corrected chi connectivity index (χ1v) is 11.9. The van der Waals surface area contributed by atoms with Gasteiger partial charge in [0, 0.05) is 24.0 Å². The molecule has 4 aromatic rings. The number of likely N-dealkylation sites (tertiary alicyclic amines) is 1. The Hall–Kier alpha value is -3.26. The Kier molecular flexibility index (Phi) is 6.09. The van der Waals surface area contributed by atoms with Crippen molar-refractivity contribution in [3.63, 3.8) is 0 Å². The van der Waals surface area contributed by atoms with Gasteiger partial charge < -0.3 is 9.09 Å². The van der Waals surface area contributed by atoms with Crippen LogP contribution in [0, 0.1) is 0 Å². The molecule has 0 aliphatic carbocycles. The van der Waals surface area contributed by atoms with Crippen molar-refractivity contribution in [2.45, 2.75) is 65.1 Å². The molecule has 0 bridgehead atoms. The lowest BCUT2D eigenvalue weighted by molar-refractivity contribution is 0.120. The van der Waals surface area contributed by atoms with E-state index >= 15 is 0 Å². The molecule has 8 nitrogen and oxygen atoms in total. The molecule has 0 unspecified atom stereocenters. The van der Waals surface area contributed by atoms with Gasteiger partial charge in [-0.1, -0.05) is 49.7 Å². The van der Waals surface area contributed by atoms with Crippen molar-refractivity contribution >= 4 is 5.52 Å². The SMILES string of the molecule is CCc1ccc(-c2cc3c(=O)n(Cc4noc(CN5CCCC[C@H]5CC)n4)ccn3n2)cc1. The number of aromatic nitrogens is 5. The number of benzene rings is 1. The molecular formula is C25H30N6O2. The Bertz CT molecular complexity index is 1290. The highest BCUT2D eigenvalue weighted by atomic mass is 16.5. The van der Waals surface area contributed by atoms with E-state index in [-0.39, 0.29) is 12.1 Å². The number of fused-ring (bicyclic) bond motifs is 1. The van der Waals surface area contributed by atoms with E-state index in [1.54, 1.807) is 21.5 Å². The molecule has 1 aromatic carbocycles. The van der Waals surface area contributed by atoms with Crippen LogP contribution in [0.4, 0.5) is 0 Å². The molecule has 33 heavy (non-hydrogen) atoms. The topological polar surface area (TPSA) is 81.5 Å². The molecule has 3 aromatic heterocycles. The standard InChI is InChI=1S/C25H30N6O2/c1-3-18-8-10-19(11-9-18)21-15-22-25(32)30(13-14-31(22)27-21)16-23-26-24(33-28-23)17-29-12-6-5-7-20(29)4-2/h8-11,13-15,20H,3-7,12,16-17H2,1-2H3/t20-/m1/s1. The number of nitrogens with zero attached hydrogens (tertiary/aromatic N) is 6. The summed E-state index contributed by atoms with van der Waals surface area (Å²) in [4.78, 5) is 20.1. The zero-order chi connectivity index (χ0) is 22.8. The quantitative estimate of drug-likeness (QED) is 0.428. The van der Waals surface area contributed by atoms with Crippen LogP contribution in [0.3, 0.4) is 0 Å². The molecule has 0 saturated carbocycles. The Balaban J connectivity index is 1.34. The summed E-state index contributed by atoms with van der Waals surface area (Å²) in [6.45, 7) is 6.36. The maximum absolute atomic E-state index is 13.1. The van der Waals surface area contributed by atoms with Crippen molar-refractivity contribution in [1.29, 1.82) is 0 Å². The van der Waals surface area contributed by atoms with Crippen LogP contribution < -0.4 is 5.56 Å². The molecule has 0 spiro atoms. The summed E-state index contributed by atoms with van der Waals surface area (Å²) in [7, 11) is 0. The third-order valence-electron chi connectivity index (χ3n) is 6.64. The van der Waals surface area contributed by atoms with Gasteiger partial charge in [-0.25, -0.2) is 4.52 Å². The molecule has 1 aliphatic heterocycles. The normalized spacial score (nSPS) is 17.1. The summed E-state index contributed by atoms with van der Waals surface area (Å²) < 4.78 is 8.74. The predicted octanol–water partition coefficient (Wildman–Crippen LogP) is 3.92. The number of hydrogen-bond donors (Lipinski definition) is 0. The molecule has 5 rings (SSSR count).